The van der Waals surface area contributed by atoms with Gasteiger partial charge in [0.15, 0.2) is 0 Å². The van der Waals surface area contributed by atoms with Crippen LogP contribution in [0.25, 0.3) is 0 Å². The normalized spacial score (nSPS) is 15.3. The van der Waals surface area contributed by atoms with Crippen molar-refractivity contribution < 1.29 is 9.21 Å². The van der Waals surface area contributed by atoms with E-state index in [0.717, 1.165) is 30.6 Å². The first-order valence-electron chi connectivity index (χ1n) is 7.74. The lowest BCUT2D eigenvalue weighted by Gasteiger charge is -2.28. The molecule has 1 N–H and O–H groups in total. The van der Waals surface area contributed by atoms with Crippen molar-refractivity contribution in [3.8, 4) is 0 Å². The van der Waals surface area contributed by atoms with Crippen LogP contribution in [-0.4, -0.2) is 28.5 Å². The lowest BCUT2D eigenvalue weighted by molar-refractivity contribution is 0.166. The highest BCUT2D eigenvalue weighted by atomic mass is 16.3. The Balaban J connectivity index is 1.56. The summed E-state index contributed by atoms with van der Waals surface area (Å²) >= 11 is 0. The van der Waals surface area contributed by atoms with Crippen LogP contribution >= 0.6 is 0 Å². The summed E-state index contributed by atoms with van der Waals surface area (Å²) in [6.45, 7) is 2.62. The minimum atomic E-state index is -0.0408. The first-order valence-corrected chi connectivity index (χ1v) is 7.74. The molecular weight excluding hydrogens is 278 g/mol. The Morgan fingerprint density at radius 3 is 2.95 bits per heavy atom. The number of urea groups is 1. The number of carbonyl (C=O) groups is 1. The Morgan fingerprint density at radius 2 is 2.32 bits per heavy atom. The fourth-order valence-electron chi connectivity index (χ4n) is 2.63. The standard InChI is InChI=1S/C17H21N3O2/c1-13(16-5-3-11-22-16)20(15-6-7-15)17(21)19-10-8-14-4-2-9-18-12-14/h2-5,9,11-13,15H,6-8,10H2,1H3,(H,19,21). The average Bonchev–Trinajstić information content (AvgIpc) is 3.20. The monoisotopic (exact) mass is 299 g/mol. The minimum Gasteiger partial charge on any atom is -0.467 e. The molecule has 0 spiro atoms. The summed E-state index contributed by atoms with van der Waals surface area (Å²) in [6.07, 6.45) is 8.16. The highest BCUT2D eigenvalue weighted by Gasteiger charge is 2.37. The van der Waals surface area contributed by atoms with E-state index in [0.29, 0.717) is 12.6 Å². The number of furan rings is 1. The second kappa shape index (κ2) is 6.64. The van der Waals surface area contributed by atoms with Crippen molar-refractivity contribution in [3.05, 3.63) is 54.2 Å². The maximum atomic E-state index is 12.5. The van der Waals surface area contributed by atoms with Gasteiger partial charge in [-0.3, -0.25) is 4.98 Å². The van der Waals surface area contributed by atoms with E-state index in [2.05, 4.69) is 10.3 Å². The van der Waals surface area contributed by atoms with Crippen molar-refractivity contribution in [2.45, 2.75) is 38.3 Å². The van der Waals surface area contributed by atoms with Gasteiger partial charge in [0, 0.05) is 25.0 Å². The van der Waals surface area contributed by atoms with Gasteiger partial charge in [-0.1, -0.05) is 6.07 Å². The van der Waals surface area contributed by atoms with Crippen LogP contribution in [0.2, 0.25) is 0 Å². The van der Waals surface area contributed by atoms with Crippen molar-refractivity contribution in [2.75, 3.05) is 6.54 Å². The molecule has 0 saturated heterocycles. The van der Waals surface area contributed by atoms with E-state index in [-0.39, 0.29) is 12.1 Å². The highest BCUT2D eigenvalue weighted by Crippen LogP contribution is 2.34. The fourth-order valence-corrected chi connectivity index (χ4v) is 2.63. The molecule has 2 heterocycles. The van der Waals surface area contributed by atoms with Crippen molar-refractivity contribution in [3.63, 3.8) is 0 Å². The predicted octanol–water partition coefficient (Wildman–Crippen LogP) is 3.15. The van der Waals surface area contributed by atoms with Gasteiger partial charge in [0.25, 0.3) is 0 Å². The second-order valence-electron chi connectivity index (χ2n) is 5.67. The van der Waals surface area contributed by atoms with Crippen molar-refractivity contribution in [1.82, 2.24) is 15.2 Å². The molecule has 116 valence electrons. The van der Waals surface area contributed by atoms with Crippen LogP contribution in [0.4, 0.5) is 4.79 Å². The van der Waals surface area contributed by atoms with Crippen molar-refractivity contribution >= 4 is 6.03 Å². The molecule has 2 aromatic heterocycles. The van der Waals surface area contributed by atoms with E-state index in [1.165, 1.54) is 0 Å². The molecule has 1 fully saturated rings. The van der Waals surface area contributed by atoms with Gasteiger partial charge in [-0.2, -0.15) is 0 Å². The van der Waals surface area contributed by atoms with Gasteiger partial charge < -0.3 is 14.6 Å². The van der Waals surface area contributed by atoms with Gasteiger partial charge in [0.1, 0.15) is 5.76 Å². The van der Waals surface area contributed by atoms with Crippen molar-refractivity contribution in [2.24, 2.45) is 0 Å². The lowest BCUT2D eigenvalue weighted by atomic mass is 10.2. The molecule has 0 bridgehead atoms. The van der Waals surface area contributed by atoms with Crippen molar-refractivity contribution in [1.29, 1.82) is 0 Å². The summed E-state index contributed by atoms with van der Waals surface area (Å²) in [5, 5.41) is 3.01. The third-order valence-corrected chi connectivity index (χ3v) is 3.96. The van der Waals surface area contributed by atoms with E-state index in [9.17, 15) is 4.79 Å². The maximum absolute atomic E-state index is 12.5. The van der Waals surface area contributed by atoms with E-state index in [4.69, 9.17) is 4.42 Å². The molecule has 0 aromatic carbocycles. The first kappa shape index (κ1) is 14.6. The Labute approximate surface area is 130 Å². The Hall–Kier alpha value is -2.30. The topological polar surface area (TPSA) is 58.4 Å². The molecule has 0 aliphatic heterocycles. The second-order valence-corrected chi connectivity index (χ2v) is 5.67. The summed E-state index contributed by atoms with van der Waals surface area (Å²) in [5.41, 5.74) is 1.12. The molecule has 1 aliphatic rings. The van der Waals surface area contributed by atoms with Crippen LogP contribution in [0, 0.1) is 0 Å². The van der Waals surface area contributed by atoms with Gasteiger partial charge in [-0.15, -0.1) is 0 Å². The van der Waals surface area contributed by atoms with Gasteiger partial charge in [0.05, 0.1) is 12.3 Å². The summed E-state index contributed by atoms with van der Waals surface area (Å²) in [6, 6.07) is 7.98. The number of hydrogen-bond donors (Lipinski definition) is 1. The Bertz CT molecular complexity index is 594. The summed E-state index contributed by atoms with van der Waals surface area (Å²) < 4.78 is 5.45. The minimum absolute atomic E-state index is 0.0182. The highest BCUT2D eigenvalue weighted by molar-refractivity contribution is 5.75. The average molecular weight is 299 g/mol. The number of carbonyl (C=O) groups excluding carboxylic acids is 1. The van der Waals surface area contributed by atoms with E-state index < -0.39 is 0 Å². The SMILES string of the molecule is CC(c1ccco1)N(C(=O)NCCc1cccnc1)C1CC1. The van der Waals surface area contributed by atoms with Crippen LogP contribution in [-0.2, 0) is 6.42 Å². The van der Waals surface area contributed by atoms with E-state index in [1.807, 2.05) is 42.3 Å². The fraction of sp³-hybridized carbons (Fsp3) is 0.412. The predicted molar refractivity (Wildman–Crippen MR) is 83.3 cm³/mol. The van der Waals surface area contributed by atoms with Gasteiger partial charge in [0.2, 0.25) is 0 Å². The van der Waals surface area contributed by atoms with Gasteiger partial charge >= 0.3 is 6.03 Å². The smallest absolute Gasteiger partial charge is 0.318 e. The number of aromatic nitrogens is 1. The van der Waals surface area contributed by atoms with Gasteiger partial charge in [-0.25, -0.2) is 4.79 Å². The van der Waals surface area contributed by atoms with Crippen LogP contribution in [0.3, 0.4) is 0 Å². The molecule has 0 radical (unpaired) electrons. The number of rotatable bonds is 6. The van der Waals surface area contributed by atoms with Crippen LogP contribution < -0.4 is 5.32 Å². The molecule has 5 heteroatoms. The zero-order chi connectivity index (χ0) is 15.4. The number of pyridine rings is 1. The third kappa shape index (κ3) is 3.47. The molecule has 3 rings (SSSR count). The molecule has 22 heavy (non-hydrogen) atoms. The Morgan fingerprint density at radius 1 is 1.45 bits per heavy atom. The maximum Gasteiger partial charge on any atom is 0.318 e. The summed E-state index contributed by atoms with van der Waals surface area (Å²) in [4.78, 5) is 18.5. The van der Waals surface area contributed by atoms with Crippen LogP contribution in [0.15, 0.2) is 47.3 Å². The number of hydrogen-bond acceptors (Lipinski definition) is 3. The molecular formula is C17H21N3O2. The zero-order valence-corrected chi connectivity index (χ0v) is 12.7. The molecule has 1 atom stereocenters. The molecule has 1 aliphatic carbocycles. The molecule has 2 amide bonds. The quantitative estimate of drug-likeness (QED) is 0.891. The number of amides is 2. The summed E-state index contributed by atoms with van der Waals surface area (Å²) in [5.74, 6) is 0.828. The van der Waals surface area contributed by atoms with Crippen LogP contribution in [0.1, 0.15) is 37.1 Å². The molecule has 5 nitrogen and oxygen atoms in total. The first-order chi connectivity index (χ1) is 10.8. The largest absolute Gasteiger partial charge is 0.467 e. The van der Waals surface area contributed by atoms with E-state index >= 15 is 0 Å². The van der Waals surface area contributed by atoms with E-state index in [1.54, 1.807) is 12.5 Å². The van der Waals surface area contributed by atoms with Crippen LogP contribution in [0.5, 0.6) is 0 Å². The molecule has 1 unspecified atom stereocenters. The molecule has 1 saturated carbocycles. The number of nitrogens with one attached hydrogen (secondary N) is 1. The lowest BCUT2D eigenvalue weighted by Crippen LogP contribution is -2.43. The third-order valence-electron chi connectivity index (χ3n) is 3.96. The summed E-state index contributed by atoms with van der Waals surface area (Å²) in [7, 11) is 0. The Kier molecular flexibility index (Phi) is 4.42. The zero-order valence-electron chi connectivity index (χ0n) is 12.7. The van der Waals surface area contributed by atoms with Gasteiger partial charge in [-0.05, 0) is 49.9 Å². The number of nitrogens with zero attached hydrogens (tertiary/aromatic N) is 2. The molecule has 2 aromatic rings.